The summed E-state index contributed by atoms with van der Waals surface area (Å²) >= 11 is 7.58. The number of fused-ring (bicyclic) bond motifs is 1. The predicted octanol–water partition coefficient (Wildman–Crippen LogP) is 3.85. The van der Waals surface area contributed by atoms with Crippen molar-refractivity contribution in [2.45, 2.75) is 6.92 Å². The number of nitrogens with zero attached hydrogens (tertiary/aromatic N) is 3. The van der Waals surface area contributed by atoms with Gasteiger partial charge in [-0.25, -0.2) is 19.3 Å². The maximum absolute atomic E-state index is 13.6. The molecule has 0 aromatic carbocycles. The van der Waals surface area contributed by atoms with Gasteiger partial charge in [0.25, 0.3) is 0 Å². The van der Waals surface area contributed by atoms with Crippen molar-refractivity contribution in [3.63, 3.8) is 0 Å². The van der Waals surface area contributed by atoms with Gasteiger partial charge in [-0.3, -0.25) is 0 Å². The van der Waals surface area contributed by atoms with Crippen molar-refractivity contribution in [2.24, 2.45) is 0 Å². The third kappa shape index (κ3) is 1.85. The lowest BCUT2D eigenvalue weighted by molar-refractivity contribution is 0.624. The van der Waals surface area contributed by atoms with Crippen LogP contribution in [0.3, 0.4) is 0 Å². The summed E-state index contributed by atoms with van der Waals surface area (Å²) in [5.41, 5.74) is 0.118. The van der Waals surface area contributed by atoms with Crippen LogP contribution in [0.15, 0.2) is 24.4 Å². The molecule has 0 fully saturated rings. The Labute approximate surface area is 111 Å². The molecule has 0 saturated heterocycles. The highest BCUT2D eigenvalue weighted by molar-refractivity contribution is 7.18. The predicted molar refractivity (Wildman–Crippen MR) is 70.4 cm³/mol. The molecule has 0 aliphatic carbocycles. The van der Waals surface area contributed by atoms with E-state index in [4.69, 9.17) is 11.6 Å². The lowest BCUT2D eigenvalue weighted by Gasteiger charge is -2.01. The van der Waals surface area contributed by atoms with Gasteiger partial charge in [-0.15, -0.1) is 11.3 Å². The van der Waals surface area contributed by atoms with Crippen molar-refractivity contribution in [1.82, 2.24) is 15.0 Å². The fraction of sp³-hybridized carbons (Fsp3) is 0.0833. The second-order valence-electron chi connectivity index (χ2n) is 3.75. The molecule has 18 heavy (non-hydrogen) atoms. The second-order valence-corrected chi connectivity index (χ2v) is 5.34. The van der Waals surface area contributed by atoms with E-state index in [1.165, 1.54) is 29.7 Å². The number of rotatable bonds is 1. The summed E-state index contributed by atoms with van der Waals surface area (Å²) in [6.07, 6.45) is 1.50. The van der Waals surface area contributed by atoms with Crippen LogP contribution in [-0.4, -0.2) is 15.0 Å². The van der Waals surface area contributed by atoms with Crippen molar-refractivity contribution >= 4 is 33.2 Å². The summed E-state index contributed by atoms with van der Waals surface area (Å²) in [5, 5.41) is 1.11. The Kier molecular flexibility index (Phi) is 2.72. The summed E-state index contributed by atoms with van der Waals surface area (Å²) in [6.45, 7) is 1.96. The first-order valence-corrected chi connectivity index (χ1v) is 6.39. The Morgan fingerprint density at radius 1 is 1.33 bits per heavy atom. The highest BCUT2D eigenvalue weighted by Crippen LogP contribution is 2.30. The third-order valence-corrected chi connectivity index (χ3v) is 3.67. The fourth-order valence-electron chi connectivity index (χ4n) is 1.66. The van der Waals surface area contributed by atoms with E-state index < -0.39 is 5.82 Å². The van der Waals surface area contributed by atoms with Gasteiger partial charge in [-0.2, -0.15) is 0 Å². The zero-order valence-electron chi connectivity index (χ0n) is 9.32. The zero-order chi connectivity index (χ0) is 12.7. The normalized spacial score (nSPS) is 11.1. The monoisotopic (exact) mass is 279 g/mol. The van der Waals surface area contributed by atoms with E-state index in [1.54, 1.807) is 0 Å². The standard InChI is InChI=1S/C12H7ClFN3S/c1-6-5-7-10(13)16-11(17-12(7)18-6)9-8(14)3-2-4-15-9/h2-5H,1H3. The van der Waals surface area contributed by atoms with Crippen LogP contribution in [0.2, 0.25) is 5.15 Å². The molecule has 0 saturated carbocycles. The molecule has 0 amide bonds. The summed E-state index contributed by atoms with van der Waals surface area (Å²) in [7, 11) is 0. The van der Waals surface area contributed by atoms with Gasteiger partial charge in [0.05, 0.1) is 0 Å². The SMILES string of the molecule is Cc1cc2c(Cl)nc(-c3ncccc3F)nc2s1. The number of thiophene rings is 1. The van der Waals surface area contributed by atoms with Gasteiger partial charge in [0, 0.05) is 16.5 Å². The number of halogens is 2. The van der Waals surface area contributed by atoms with Gasteiger partial charge < -0.3 is 0 Å². The van der Waals surface area contributed by atoms with E-state index in [1.807, 2.05) is 13.0 Å². The van der Waals surface area contributed by atoms with Crippen molar-refractivity contribution in [1.29, 1.82) is 0 Å². The van der Waals surface area contributed by atoms with E-state index in [9.17, 15) is 4.39 Å². The van der Waals surface area contributed by atoms with Crippen molar-refractivity contribution in [3.8, 4) is 11.5 Å². The minimum Gasteiger partial charge on any atom is -0.250 e. The minimum atomic E-state index is -0.457. The minimum absolute atomic E-state index is 0.118. The fourth-order valence-corrected chi connectivity index (χ4v) is 2.82. The van der Waals surface area contributed by atoms with Crippen LogP contribution in [0.25, 0.3) is 21.7 Å². The maximum atomic E-state index is 13.6. The van der Waals surface area contributed by atoms with E-state index in [0.717, 1.165) is 15.1 Å². The van der Waals surface area contributed by atoms with E-state index in [2.05, 4.69) is 15.0 Å². The Morgan fingerprint density at radius 2 is 2.17 bits per heavy atom. The topological polar surface area (TPSA) is 38.7 Å². The van der Waals surface area contributed by atoms with Gasteiger partial charge in [0.1, 0.15) is 15.7 Å². The van der Waals surface area contributed by atoms with Crippen LogP contribution in [0, 0.1) is 12.7 Å². The second kappa shape index (κ2) is 4.26. The molecule has 0 unspecified atom stereocenters. The molecular weight excluding hydrogens is 273 g/mol. The number of aryl methyl sites for hydroxylation is 1. The molecule has 0 radical (unpaired) electrons. The molecule has 0 atom stereocenters. The molecule has 0 bridgehead atoms. The molecule has 3 heterocycles. The summed E-state index contributed by atoms with van der Waals surface area (Å²) < 4.78 is 13.6. The Bertz CT molecular complexity index is 741. The molecule has 3 rings (SSSR count). The molecule has 0 spiro atoms. The Balaban J connectivity index is 2.28. The Hall–Kier alpha value is -1.59. The largest absolute Gasteiger partial charge is 0.250 e. The van der Waals surface area contributed by atoms with Crippen molar-refractivity contribution in [2.75, 3.05) is 0 Å². The first kappa shape index (κ1) is 11.5. The van der Waals surface area contributed by atoms with Crippen LogP contribution in [-0.2, 0) is 0 Å². The number of aromatic nitrogens is 3. The maximum Gasteiger partial charge on any atom is 0.184 e. The van der Waals surface area contributed by atoms with Crippen LogP contribution >= 0.6 is 22.9 Å². The van der Waals surface area contributed by atoms with E-state index >= 15 is 0 Å². The lowest BCUT2D eigenvalue weighted by atomic mass is 10.3. The highest BCUT2D eigenvalue weighted by atomic mass is 35.5. The third-order valence-electron chi connectivity index (χ3n) is 2.44. The van der Waals surface area contributed by atoms with Crippen molar-refractivity contribution < 1.29 is 4.39 Å². The smallest absolute Gasteiger partial charge is 0.184 e. The lowest BCUT2D eigenvalue weighted by Crippen LogP contribution is -1.95. The molecule has 3 aromatic rings. The quantitative estimate of drug-likeness (QED) is 0.635. The molecule has 6 heteroatoms. The molecule has 3 aromatic heterocycles. The highest BCUT2D eigenvalue weighted by Gasteiger charge is 2.14. The van der Waals surface area contributed by atoms with Crippen LogP contribution in [0.1, 0.15) is 4.88 Å². The van der Waals surface area contributed by atoms with Crippen LogP contribution < -0.4 is 0 Å². The van der Waals surface area contributed by atoms with Gasteiger partial charge in [-0.1, -0.05) is 11.6 Å². The van der Waals surface area contributed by atoms with Gasteiger partial charge in [0.15, 0.2) is 11.6 Å². The summed E-state index contributed by atoms with van der Waals surface area (Å²) in [5.74, 6) is -0.242. The Morgan fingerprint density at radius 3 is 2.94 bits per heavy atom. The molecule has 0 N–H and O–H groups in total. The average Bonchev–Trinajstić information content (AvgIpc) is 2.71. The molecule has 0 aliphatic rings. The van der Waals surface area contributed by atoms with E-state index in [-0.39, 0.29) is 11.5 Å². The first-order chi connectivity index (χ1) is 8.65. The summed E-state index contributed by atoms with van der Waals surface area (Å²) in [6, 6.07) is 4.76. The van der Waals surface area contributed by atoms with Gasteiger partial charge >= 0.3 is 0 Å². The summed E-state index contributed by atoms with van der Waals surface area (Å²) in [4.78, 5) is 14.2. The zero-order valence-corrected chi connectivity index (χ0v) is 10.9. The number of hydrogen-bond donors (Lipinski definition) is 0. The van der Waals surface area contributed by atoms with Crippen LogP contribution in [0.5, 0.6) is 0 Å². The number of pyridine rings is 1. The molecular formula is C12H7ClFN3S. The number of hydrogen-bond acceptors (Lipinski definition) is 4. The first-order valence-electron chi connectivity index (χ1n) is 5.20. The van der Waals surface area contributed by atoms with Gasteiger partial charge in [-0.05, 0) is 25.1 Å². The molecule has 0 aliphatic heterocycles. The van der Waals surface area contributed by atoms with Crippen LogP contribution in [0.4, 0.5) is 4.39 Å². The van der Waals surface area contributed by atoms with E-state index in [0.29, 0.717) is 5.15 Å². The average molecular weight is 280 g/mol. The molecule has 90 valence electrons. The van der Waals surface area contributed by atoms with Crippen molar-refractivity contribution in [3.05, 3.63) is 40.2 Å². The van der Waals surface area contributed by atoms with Gasteiger partial charge in [0.2, 0.25) is 0 Å². The molecule has 3 nitrogen and oxygen atoms in total.